The second kappa shape index (κ2) is 8.49. The Morgan fingerprint density at radius 3 is 2.50 bits per heavy atom. The molecule has 0 atom stereocenters. The Morgan fingerprint density at radius 2 is 1.88 bits per heavy atom. The summed E-state index contributed by atoms with van der Waals surface area (Å²) in [7, 11) is 1.26. The van der Waals surface area contributed by atoms with Crippen molar-refractivity contribution in [3.63, 3.8) is 0 Å². The number of halogens is 1. The second-order valence-electron chi connectivity index (χ2n) is 5.68. The van der Waals surface area contributed by atoms with Crippen LogP contribution in [0.5, 0.6) is 0 Å². The van der Waals surface area contributed by atoms with Crippen molar-refractivity contribution in [2.24, 2.45) is 0 Å². The predicted molar refractivity (Wildman–Crippen MR) is 101 cm³/mol. The Balaban J connectivity index is 2.25. The number of methoxy groups -OCH3 is 1. The maximum atomic E-state index is 12.4. The van der Waals surface area contributed by atoms with Crippen LogP contribution in [0.2, 0.25) is 5.02 Å². The lowest BCUT2D eigenvalue weighted by atomic mass is 10.2. The average molecular weight is 375 g/mol. The van der Waals surface area contributed by atoms with Crippen molar-refractivity contribution in [1.82, 2.24) is 0 Å². The highest BCUT2D eigenvalue weighted by molar-refractivity contribution is 6.34. The van der Waals surface area contributed by atoms with E-state index in [-0.39, 0.29) is 34.6 Å². The van der Waals surface area contributed by atoms with Gasteiger partial charge in [-0.1, -0.05) is 23.7 Å². The largest absolute Gasteiger partial charge is 0.465 e. The first kappa shape index (κ1) is 19.5. The van der Waals surface area contributed by atoms with E-state index in [1.54, 1.807) is 6.07 Å². The summed E-state index contributed by atoms with van der Waals surface area (Å²) >= 11 is 6.17. The summed E-state index contributed by atoms with van der Waals surface area (Å²) in [6.45, 7) is 2.99. The molecule has 0 saturated heterocycles. The van der Waals surface area contributed by atoms with Crippen LogP contribution in [0.25, 0.3) is 0 Å². The van der Waals surface area contributed by atoms with Gasteiger partial charge in [0.15, 0.2) is 0 Å². The fourth-order valence-electron chi connectivity index (χ4n) is 2.40. The highest BCUT2D eigenvalue weighted by Gasteiger charge is 2.20. The Hall–Kier alpha value is -2.86. The zero-order valence-electron chi connectivity index (χ0n) is 14.7. The molecule has 0 aliphatic heterocycles. The van der Waals surface area contributed by atoms with Gasteiger partial charge in [-0.05, 0) is 42.8 Å². The number of esters is 1. The molecule has 0 spiro atoms. The summed E-state index contributed by atoms with van der Waals surface area (Å²) in [4.78, 5) is 37.3. The molecule has 0 saturated carbocycles. The summed E-state index contributed by atoms with van der Waals surface area (Å²) in [6.07, 6.45) is 0. The molecule has 0 aromatic heterocycles. The number of aryl methyl sites for hydroxylation is 1. The lowest BCUT2D eigenvalue weighted by Crippen LogP contribution is -2.37. The summed E-state index contributed by atoms with van der Waals surface area (Å²) in [6, 6.07) is 11.7. The maximum absolute atomic E-state index is 12.4. The number of hydrogen-bond acceptors (Lipinski definition) is 4. The van der Waals surface area contributed by atoms with Gasteiger partial charge in [-0.25, -0.2) is 4.79 Å². The van der Waals surface area contributed by atoms with Gasteiger partial charge in [0, 0.05) is 12.6 Å². The lowest BCUT2D eigenvalue weighted by molar-refractivity contribution is -0.120. The number of carbonyl (C=O) groups is 3. The van der Waals surface area contributed by atoms with E-state index >= 15 is 0 Å². The summed E-state index contributed by atoms with van der Waals surface area (Å²) in [5.41, 5.74) is 2.13. The number of ether oxygens (including phenoxy) is 1. The van der Waals surface area contributed by atoms with Crippen LogP contribution in [-0.2, 0) is 14.3 Å². The molecule has 0 fully saturated rings. The number of anilines is 2. The number of carbonyl (C=O) groups excluding carboxylic acids is 3. The van der Waals surface area contributed by atoms with Crippen molar-refractivity contribution >= 4 is 40.8 Å². The van der Waals surface area contributed by atoms with Crippen LogP contribution < -0.4 is 10.2 Å². The molecule has 2 aromatic rings. The molecule has 2 amide bonds. The van der Waals surface area contributed by atoms with Gasteiger partial charge in [0.2, 0.25) is 11.8 Å². The molecule has 1 N–H and O–H groups in total. The smallest absolute Gasteiger partial charge is 0.337 e. The van der Waals surface area contributed by atoms with E-state index in [0.29, 0.717) is 5.69 Å². The van der Waals surface area contributed by atoms with Crippen molar-refractivity contribution < 1.29 is 19.1 Å². The van der Waals surface area contributed by atoms with Crippen molar-refractivity contribution in [1.29, 1.82) is 0 Å². The Labute approximate surface area is 156 Å². The number of nitrogens with zero attached hydrogens (tertiary/aromatic N) is 1. The van der Waals surface area contributed by atoms with Crippen LogP contribution in [0.1, 0.15) is 22.8 Å². The lowest BCUT2D eigenvalue weighted by Gasteiger charge is -2.22. The Bertz CT molecular complexity index is 851. The molecular weight excluding hydrogens is 356 g/mol. The van der Waals surface area contributed by atoms with E-state index in [9.17, 15) is 14.4 Å². The third-order valence-electron chi connectivity index (χ3n) is 3.64. The van der Waals surface area contributed by atoms with Crippen molar-refractivity contribution in [3.05, 3.63) is 58.6 Å². The van der Waals surface area contributed by atoms with Crippen LogP contribution in [0.4, 0.5) is 11.4 Å². The number of amides is 2. The fourth-order valence-corrected chi connectivity index (χ4v) is 2.62. The monoisotopic (exact) mass is 374 g/mol. The molecule has 136 valence electrons. The molecule has 0 heterocycles. The van der Waals surface area contributed by atoms with Crippen LogP contribution >= 0.6 is 11.6 Å². The van der Waals surface area contributed by atoms with E-state index < -0.39 is 5.97 Å². The van der Waals surface area contributed by atoms with E-state index in [0.717, 1.165) is 5.56 Å². The molecule has 26 heavy (non-hydrogen) atoms. The number of benzene rings is 2. The summed E-state index contributed by atoms with van der Waals surface area (Å²) < 4.78 is 4.68. The molecule has 6 nitrogen and oxygen atoms in total. The van der Waals surface area contributed by atoms with Gasteiger partial charge in [-0.15, -0.1) is 0 Å². The zero-order valence-corrected chi connectivity index (χ0v) is 15.5. The van der Waals surface area contributed by atoms with Crippen molar-refractivity contribution in [2.75, 3.05) is 23.9 Å². The van der Waals surface area contributed by atoms with Gasteiger partial charge in [0.05, 0.1) is 23.4 Å². The molecule has 2 aromatic carbocycles. The van der Waals surface area contributed by atoms with E-state index in [4.69, 9.17) is 11.6 Å². The molecule has 7 heteroatoms. The number of rotatable bonds is 5. The van der Waals surface area contributed by atoms with Crippen molar-refractivity contribution in [3.8, 4) is 0 Å². The molecule has 2 rings (SSSR count). The zero-order chi connectivity index (χ0) is 19.3. The standard InChI is InChI=1S/C19H19ClN2O4/c1-12-5-4-6-15(9-12)21-18(24)11-22(13(2)23)17-10-14(19(25)26-3)7-8-16(17)20/h4-10H,11H2,1-3H3,(H,21,24). The average Bonchev–Trinajstić information content (AvgIpc) is 2.59. The quantitative estimate of drug-likeness (QED) is 0.813. The molecule has 0 bridgehead atoms. The molecule has 0 aliphatic rings. The first-order chi connectivity index (χ1) is 12.3. The minimum atomic E-state index is -0.560. The van der Waals surface area contributed by atoms with Crippen LogP contribution in [-0.4, -0.2) is 31.4 Å². The first-order valence-corrected chi connectivity index (χ1v) is 8.22. The second-order valence-corrected chi connectivity index (χ2v) is 6.09. The third-order valence-corrected chi connectivity index (χ3v) is 3.96. The van der Waals surface area contributed by atoms with Gasteiger partial charge in [-0.3, -0.25) is 9.59 Å². The Morgan fingerprint density at radius 1 is 1.15 bits per heavy atom. The van der Waals surface area contributed by atoms with Crippen molar-refractivity contribution in [2.45, 2.75) is 13.8 Å². The number of hydrogen-bond donors (Lipinski definition) is 1. The summed E-state index contributed by atoms with van der Waals surface area (Å²) in [5, 5.41) is 2.98. The third kappa shape index (κ3) is 4.83. The minimum Gasteiger partial charge on any atom is -0.465 e. The molecule has 0 unspecified atom stereocenters. The van der Waals surface area contributed by atoms with Gasteiger partial charge < -0.3 is 15.0 Å². The highest BCUT2D eigenvalue weighted by Crippen LogP contribution is 2.27. The topological polar surface area (TPSA) is 75.7 Å². The summed E-state index contributed by atoms with van der Waals surface area (Å²) in [5.74, 6) is -1.32. The molecular formula is C19H19ClN2O4. The number of nitrogens with one attached hydrogen (secondary N) is 1. The predicted octanol–water partition coefficient (Wildman–Crippen LogP) is 3.43. The normalized spacial score (nSPS) is 10.2. The van der Waals surface area contributed by atoms with Gasteiger partial charge in [0.25, 0.3) is 0 Å². The van der Waals surface area contributed by atoms with Crippen LogP contribution in [0.3, 0.4) is 0 Å². The van der Waals surface area contributed by atoms with Crippen LogP contribution in [0.15, 0.2) is 42.5 Å². The first-order valence-electron chi connectivity index (χ1n) is 7.84. The fraction of sp³-hybridized carbons (Fsp3) is 0.211. The van der Waals surface area contributed by atoms with Gasteiger partial charge in [-0.2, -0.15) is 0 Å². The van der Waals surface area contributed by atoms with E-state index in [1.807, 2.05) is 25.1 Å². The SMILES string of the molecule is COC(=O)c1ccc(Cl)c(N(CC(=O)Nc2cccc(C)c2)C(C)=O)c1. The minimum absolute atomic E-state index is 0.234. The molecule has 0 radical (unpaired) electrons. The maximum Gasteiger partial charge on any atom is 0.337 e. The Kier molecular flexibility index (Phi) is 6.36. The van der Waals surface area contributed by atoms with Crippen LogP contribution in [0, 0.1) is 6.92 Å². The van der Waals surface area contributed by atoms with Gasteiger partial charge >= 0.3 is 5.97 Å². The molecule has 0 aliphatic carbocycles. The van der Waals surface area contributed by atoms with E-state index in [2.05, 4.69) is 10.1 Å². The van der Waals surface area contributed by atoms with E-state index in [1.165, 1.54) is 37.1 Å². The highest BCUT2D eigenvalue weighted by atomic mass is 35.5. The van der Waals surface area contributed by atoms with Gasteiger partial charge in [0.1, 0.15) is 6.54 Å².